The van der Waals surface area contributed by atoms with Gasteiger partial charge >= 0.3 is 5.97 Å². The Bertz CT molecular complexity index is 326. The van der Waals surface area contributed by atoms with Gasteiger partial charge in [0.05, 0.1) is 6.42 Å². The predicted molar refractivity (Wildman–Crippen MR) is 73.0 cm³/mol. The molecule has 3 saturated heterocycles. The number of fused-ring (bicyclic) bond motifs is 2. The number of piperidine rings is 1. The maximum absolute atomic E-state index is 11.0. The molecule has 102 valence electrons. The summed E-state index contributed by atoms with van der Waals surface area (Å²) in [5.74, 6) is 2.32. The zero-order chi connectivity index (χ0) is 12.5. The van der Waals surface area contributed by atoms with Crippen molar-refractivity contribution in [3.05, 3.63) is 0 Å². The lowest BCUT2D eigenvalue weighted by Crippen LogP contribution is -2.54. The summed E-state index contributed by atoms with van der Waals surface area (Å²) in [7, 11) is 0. The minimum absolute atomic E-state index is 0.262. The second-order valence-corrected chi connectivity index (χ2v) is 6.92. The van der Waals surface area contributed by atoms with E-state index in [-0.39, 0.29) is 6.04 Å². The van der Waals surface area contributed by atoms with Crippen LogP contribution < -0.4 is 0 Å². The molecule has 5 heteroatoms. The number of rotatable bonds is 3. The number of nitrogens with zero attached hydrogens (tertiary/aromatic N) is 2. The highest BCUT2D eigenvalue weighted by Gasteiger charge is 2.40. The maximum atomic E-state index is 11.0. The van der Waals surface area contributed by atoms with Gasteiger partial charge in [-0.15, -0.1) is 0 Å². The zero-order valence-corrected chi connectivity index (χ0v) is 11.6. The summed E-state index contributed by atoms with van der Waals surface area (Å²) in [6.07, 6.45) is 2.87. The van der Waals surface area contributed by atoms with Crippen LogP contribution in [-0.2, 0) is 4.79 Å². The van der Waals surface area contributed by atoms with E-state index in [4.69, 9.17) is 5.11 Å². The molecule has 4 atom stereocenters. The topological polar surface area (TPSA) is 43.8 Å². The van der Waals surface area contributed by atoms with Crippen molar-refractivity contribution >= 4 is 17.7 Å². The maximum Gasteiger partial charge on any atom is 0.304 e. The monoisotopic (exact) mass is 270 g/mol. The van der Waals surface area contributed by atoms with E-state index in [0.717, 1.165) is 18.2 Å². The Hall–Kier alpha value is -0.260. The van der Waals surface area contributed by atoms with Gasteiger partial charge in [0, 0.05) is 36.7 Å². The van der Waals surface area contributed by atoms with Crippen molar-refractivity contribution in [2.24, 2.45) is 5.92 Å². The number of thioether (sulfide) groups is 1. The molecular formula is C13H22N2O2S. The van der Waals surface area contributed by atoms with Gasteiger partial charge in [0.1, 0.15) is 0 Å². The fourth-order valence-electron chi connectivity index (χ4n) is 3.85. The molecule has 0 aliphatic carbocycles. The Kier molecular flexibility index (Phi) is 3.82. The Morgan fingerprint density at radius 2 is 2.11 bits per heavy atom. The molecule has 2 bridgehead atoms. The van der Waals surface area contributed by atoms with Gasteiger partial charge in [-0.2, -0.15) is 11.8 Å². The van der Waals surface area contributed by atoms with Gasteiger partial charge in [-0.05, 0) is 31.8 Å². The van der Waals surface area contributed by atoms with E-state index in [0.29, 0.717) is 12.5 Å². The molecule has 3 fully saturated rings. The second kappa shape index (κ2) is 5.39. The van der Waals surface area contributed by atoms with Crippen molar-refractivity contribution < 1.29 is 9.90 Å². The SMILES string of the molecule is O=C(O)CC1CSCCN1C1CCN2CCC1C2. The van der Waals surface area contributed by atoms with E-state index < -0.39 is 5.97 Å². The number of carbonyl (C=O) groups is 1. The summed E-state index contributed by atoms with van der Waals surface area (Å²) in [6, 6.07) is 0.910. The molecule has 3 aliphatic rings. The van der Waals surface area contributed by atoms with Crippen molar-refractivity contribution in [2.75, 3.05) is 37.7 Å². The summed E-state index contributed by atoms with van der Waals surface area (Å²) in [4.78, 5) is 16.1. The van der Waals surface area contributed by atoms with Gasteiger partial charge in [0.25, 0.3) is 0 Å². The molecule has 0 spiro atoms. The number of hydrogen-bond donors (Lipinski definition) is 1. The molecular weight excluding hydrogens is 248 g/mol. The van der Waals surface area contributed by atoms with Crippen molar-refractivity contribution in [1.82, 2.24) is 9.80 Å². The number of hydrogen-bond acceptors (Lipinski definition) is 4. The summed E-state index contributed by atoms with van der Waals surface area (Å²) < 4.78 is 0. The Morgan fingerprint density at radius 1 is 1.28 bits per heavy atom. The summed E-state index contributed by atoms with van der Waals surface area (Å²) in [6.45, 7) is 4.80. The first kappa shape index (κ1) is 12.8. The van der Waals surface area contributed by atoms with E-state index >= 15 is 0 Å². The standard InChI is InChI=1S/C13H22N2O2S/c16-13(17)7-11-9-18-6-5-15(11)12-2-4-14-3-1-10(12)8-14/h10-12H,1-9H2,(H,16,17). The van der Waals surface area contributed by atoms with Crippen LogP contribution >= 0.6 is 11.8 Å². The van der Waals surface area contributed by atoms with E-state index in [9.17, 15) is 4.79 Å². The first-order valence-corrected chi connectivity index (χ1v) is 8.17. The van der Waals surface area contributed by atoms with Gasteiger partial charge in [0.15, 0.2) is 0 Å². The molecule has 4 nitrogen and oxygen atoms in total. The molecule has 0 aromatic carbocycles. The average molecular weight is 270 g/mol. The number of carboxylic acids is 1. The second-order valence-electron chi connectivity index (χ2n) is 5.77. The van der Waals surface area contributed by atoms with Crippen molar-refractivity contribution in [3.63, 3.8) is 0 Å². The molecule has 3 rings (SSSR count). The lowest BCUT2D eigenvalue weighted by atomic mass is 9.91. The van der Waals surface area contributed by atoms with Crippen LogP contribution in [0.15, 0.2) is 0 Å². The fourth-order valence-corrected chi connectivity index (χ4v) is 4.94. The third-order valence-corrected chi connectivity index (χ3v) is 5.80. The molecule has 3 heterocycles. The van der Waals surface area contributed by atoms with Gasteiger partial charge in [0.2, 0.25) is 0 Å². The van der Waals surface area contributed by atoms with E-state index in [1.165, 1.54) is 38.2 Å². The summed E-state index contributed by atoms with van der Waals surface area (Å²) >= 11 is 1.92. The van der Waals surface area contributed by atoms with Crippen molar-refractivity contribution in [2.45, 2.75) is 31.3 Å². The van der Waals surface area contributed by atoms with Crippen LogP contribution in [0.5, 0.6) is 0 Å². The quantitative estimate of drug-likeness (QED) is 0.828. The molecule has 0 radical (unpaired) electrons. The largest absolute Gasteiger partial charge is 0.481 e. The molecule has 0 aromatic rings. The normalized spacial score (nSPS) is 40.9. The molecule has 18 heavy (non-hydrogen) atoms. The van der Waals surface area contributed by atoms with Crippen molar-refractivity contribution in [1.29, 1.82) is 0 Å². The van der Waals surface area contributed by atoms with Crippen LogP contribution in [0.25, 0.3) is 0 Å². The molecule has 0 aromatic heterocycles. The van der Waals surface area contributed by atoms with Gasteiger partial charge < -0.3 is 10.0 Å². The molecule has 3 aliphatic heterocycles. The van der Waals surface area contributed by atoms with Crippen LogP contribution in [0.3, 0.4) is 0 Å². The minimum Gasteiger partial charge on any atom is -0.481 e. The highest BCUT2D eigenvalue weighted by Crippen LogP contribution is 2.34. The highest BCUT2D eigenvalue weighted by molar-refractivity contribution is 7.99. The first-order chi connectivity index (χ1) is 8.74. The Morgan fingerprint density at radius 3 is 2.94 bits per heavy atom. The summed E-state index contributed by atoms with van der Waals surface area (Å²) in [5.41, 5.74) is 0. The van der Waals surface area contributed by atoms with Crippen LogP contribution in [0.1, 0.15) is 19.3 Å². The van der Waals surface area contributed by atoms with Gasteiger partial charge in [-0.1, -0.05) is 0 Å². The first-order valence-electron chi connectivity index (χ1n) is 7.01. The Labute approximate surface area is 113 Å². The van der Waals surface area contributed by atoms with E-state index in [1.807, 2.05) is 11.8 Å². The molecule has 0 amide bonds. The zero-order valence-electron chi connectivity index (χ0n) is 10.8. The predicted octanol–water partition coefficient (Wildman–Crippen LogP) is 0.973. The third-order valence-electron chi connectivity index (χ3n) is 4.70. The van der Waals surface area contributed by atoms with Gasteiger partial charge in [-0.25, -0.2) is 0 Å². The van der Waals surface area contributed by atoms with Crippen LogP contribution in [0, 0.1) is 5.92 Å². The van der Waals surface area contributed by atoms with E-state index in [2.05, 4.69) is 9.80 Å². The lowest BCUT2D eigenvalue weighted by Gasteiger charge is -2.45. The van der Waals surface area contributed by atoms with E-state index in [1.54, 1.807) is 0 Å². The lowest BCUT2D eigenvalue weighted by molar-refractivity contribution is -0.138. The average Bonchev–Trinajstić information content (AvgIpc) is 2.72. The van der Waals surface area contributed by atoms with Crippen LogP contribution in [0.4, 0.5) is 0 Å². The molecule has 4 unspecified atom stereocenters. The fraction of sp³-hybridized carbons (Fsp3) is 0.923. The molecule has 0 saturated carbocycles. The number of aliphatic carboxylic acids is 1. The Balaban J connectivity index is 1.69. The van der Waals surface area contributed by atoms with Crippen LogP contribution in [0.2, 0.25) is 0 Å². The minimum atomic E-state index is -0.642. The smallest absolute Gasteiger partial charge is 0.304 e. The van der Waals surface area contributed by atoms with Crippen molar-refractivity contribution in [3.8, 4) is 0 Å². The highest BCUT2D eigenvalue weighted by atomic mass is 32.2. The van der Waals surface area contributed by atoms with Gasteiger partial charge in [-0.3, -0.25) is 9.69 Å². The molecule has 1 N–H and O–H groups in total. The third kappa shape index (κ3) is 2.53. The summed E-state index contributed by atoms with van der Waals surface area (Å²) in [5, 5.41) is 9.07. The van der Waals surface area contributed by atoms with Crippen LogP contribution in [-0.4, -0.2) is 70.6 Å². The number of carboxylic acid groups (broad SMARTS) is 1.